The van der Waals surface area contributed by atoms with Crippen LogP contribution in [0, 0.1) is 20.2 Å². The minimum absolute atomic E-state index is 0.122. The van der Waals surface area contributed by atoms with Crippen molar-refractivity contribution in [3.05, 3.63) is 105 Å². The van der Waals surface area contributed by atoms with E-state index in [1.54, 1.807) is 72.8 Å². The van der Waals surface area contributed by atoms with Gasteiger partial charge in [0.05, 0.1) is 9.85 Å². The second kappa shape index (κ2) is 10.0. The molecule has 176 valence electrons. The second-order valence-corrected chi connectivity index (χ2v) is 8.62. The fourth-order valence-corrected chi connectivity index (χ4v) is 4.13. The molecule has 4 aromatic carbocycles. The zero-order chi connectivity index (χ0) is 24.9. The van der Waals surface area contributed by atoms with E-state index in [1.807, 2.05) is 0 Å². The Morgan fingerprint density at radius 3 is 1.31 bits per heavy atom. The molecule has 0 unspecified atom stereocenters. The second-order valence-electron chi connectivity index (χ2n) is 7.47. The first kappa shape index (κ1) is 23.4. The summed E-state index contributed by atoms with van der Waals surface area (Å²) in [5, 5.41) is 29.4. The largest absolute Gasteiger partial charge is 0.399 e. The van der Waals surface area contributed by atoms with Gasteiger partial charge in [-0.25, -0.2) is 0 Å². The summed E-state index contributed by atoms with van der Waals surface area (Å²) in [7, 11) is 0. The molecule has 0 spiro atoms. The molecule has 0 radical (unpaired) electrons. The van der Waals surface area contributed by atoms with Crippen molar-refractivity contribution in [1.82, 2.24) is 0 Å². The fourth-order valence-electron chi connectivity index (χ4n) is 3.24. The molecule has 6 N–H and O–H groups in total. The highest BCUT2D eigenvalue weighted by Crippen LogP contribution is 2.38. The predicted octanol–water partition coefficient (Wildman–Crippen LogP) is 6.31. The number of nitrogen functional groups attached to an aromatic ring is 2. The quantitative estimate of drug-likeness (QED) is 0.126. The van der Waals surface area contributed by atoms with Crippen molar-refractivity contribution in [2.75, 3.05) is 22.1 Å². The molecular formula is C24H20N6O4S. The number of hydrogen-bond acceptors (Lipinski definition) is 9. The van der Waals surface area contributed by atoms with Gasteiger partial charge >= 0.3 is 0 Å². The van der Waals surface area contributed by atoms with Crippen molar-refractivity contribution in [3.8, 4) is 0 Å². The van der Waals surface area contributed by atoms with Crippen LogP contribution in [-0.2, 0) is 0 Å². The number of nitro benzene ring substituents is 2. The highest BCUT2D eigenvalue weighted by atomic mass is 32.2. The van der Waals surface area contributed by atoms with Gasteiger partial charge < -0.3 is 22.1 Å². The highest BCUT2D eigenvalue weighted by molar-refractivity contribution is 7.99. The van der Waals surface area contributed by atoms with Gasteiger partial charge in [-0.15, -0.1) is 0 Å². The third kappa shape index (κ3) is 5.78. The standard InChI is InChI=1S/C24H20N6O4S/c25-15-1-5-17(6-2-15)27-21-11-9-19(13-23(21)29(31)32)35-20-10-12-22(24(14-20)30(33)34)28-18-7-3-16(26)4-8-18/h1-14,27-28H,25-26H2. The van der Waals surface area contributed by atoms with Crippen molar-refractivity contribution in [3.63, 3.8) is 0 Å². The van der Waals surface area contributed by atoms with E-state index in [0.29, 0.717) is 43.9 Å². The van der Waals surface area contributed by atoms with Crippen LogP contribution in [0.4, 0.5) is 45.5 Å². The average molecular weight is 489 g/mol. The lowest BCUT2D eigenvalue weighted by Gasteiger charge is -2.10. The van der Waals surface area contributed by atoms with Crippen LogP contribution < -0.4 is 22.1 Å². The minimum atomic E-state index is -0.480. The third-order valence-electron chi connectivity index (χ3n) is 4.95. The molecular weight excluding hydrogens is 468 g/mol. The number of nitrogens with zero attached hydrogens (tertiary/aromatic N) is 2. The zero-order valence-corrected chi connectivity index (χ0v) is 19.0. The molecule has 0 aliphatic rings. The van der Waals surface area contributed by atoms with Gasteiger partial charge in [0.25, 0.3) is 11.4 Å². The number of anilines is 6. The molecule has 0 saturated carbocycles. The summed E-state index contributed by atoms with van der Waals surface area (Å²) in [5.74, 6) is 0. The summed E-state index contributed by atoms with van der Waals surface area (Å²) in [6.07, 6.45) is 0. The number of nitrogens with one attached hydrogen (secondary N) is 2. The molecule has 0 fully saturated rings. The maximum Gasteiger partial charge on any atom is 0.293 e. The zero-order valence-electron chi connectivity index (χ0n) is 18.2. The smallest absolute Gasteiger partial charge is 0.293 e. The Kier molecular flexibility index (Phi) is 6.69. The molecule has 4 rings (SSSR count). The number of benzene rings is 4. The fraction of sp³-hybridized carbons (Fsp3) is 0. The first-order valence-corrected chi connectivity index (χ1v) is 11.1. The summed E-state index contributed by atoms with van der Waals surface area (Å²) in [6, 6.07) is 23.1. The van der Waals surface area contributed by atoms with E-state index >= 15 is 0 Å². The van der Waals surface area contributed by atoms with Crippen molar-refractivity contribution in [2.45, 2.75) is 9.79 Å². The predicted molar refractivity (Wildman–Crippen MR) is 139 cm³/mol. The Balaban J connectivity index is 1.57. The van der Waals surface area contributed by atoms with Gasteiger partial charge in [-0.1, -0.05) is 11.8 Å². The number of nitro groups is 2. The molecule has 0 aliphatic carbocycles. The normalized spacial score (nSPS) is 10.5. The van der Waals surface area contributed by atoms with Crippen LogP contribution in [0.2, 0.25) is 0 Å². The molecule has 0 aromatic heterocycles. The topological polar surface area (TPSA) is 162 Å². The summed E-state index contributed by atoms with van der Waals surface area (Å²) in [4.78, 5) is 23.5. The van der Waals surface area contributed by atoms with Crippen LogP contribution in [0.15, 0.2) is 94.7 Å². The van der Waals surface area contributed by atoms with Crippen molar-refractivity contribution < 1.29 is 9.85 Å². The summed E-state index contributed by atoms with van der Waals surface area (Å²) < 4.78 is 0. The minimum Gasteiger partial charge on any atom is -0.399 e. The van der Waals surface area contributed by atoms with Gasteiger partial charge in [0.2, 0.25) is 0 Å². The summed E-state index contributed by atoms with van der Waals surface area (Å²) in [6.45, 7) is 0. The lowest BCUT2D eigenvalue weighted by Crippen LogP contribution is -1.98. The van der Waals surface area contributed by atoms with Gasteiger partial charge in [-0.05, 0) is 72.8 Å². The van der Waals surface area contributed by atoms with Crippen molar-refractivity contribution in [1.29, 1.82) is 0 Å². The number of hydrogen-bond donors (Lipinski definition) is 4. The van der Waals surface area contributed by atoms with Crippen LogP contribution in [0.1, 0.15) is 0 Å². The monoisotopic (exact) mass is 488 g/mol. The highest BCUT2D eigenvalue weighted by Gasteiger charge is 2.18. The molecule has 0 atom stereocenters. The van der Waals surface area contributed by atoms with Gasteiger partial charge in [0.15, 0.2) is 0 Å². The van der Waals surface area contributed by atoms with E-state index < -0.39 is 9.85 Å². The Morgan fingerprint density at radius 1 is 0.600 bits per heavy atom. The van der Waals surface area contributed by atoms with E-state index in [1.165, 1.54) is 23.9 Å². The lowest BCUT2D eigenvalue weighted by atomic mass is 10.2. The van der Waals surface area contributed by atoms with Gasteiger partial charge in [0.1, 0.15) is 11.4 Å². The molecule has 4 aromatic rings. The Morgan fingerprint density at radius 2 is 0.971 bits per heavy atom. The number of nitrogens with two attached hydrogens (primary N) is 2. The molecule has 0 heterocycles. The Hall–Kier alpha value is -4.77. The molecule has 11 heteroatoms. The first-order valence-electron chi connectivity index (χ1n) is 10.3. The van der Waals surface area contributed by atoms with Gasteiger partial charge in [-0.3, -0.25) is 20.2 Å². The maximum atomic E-state index is 11.7. The Bertz CT molecular complexity index is 1290. The Labute approximate surface area is 204 Å². The molecule has 0 aliphatic heterocycles. The molecule has 35 heavy (non-hydrogen) atoms. The van der Waals surface area contributed by atoms with Crippen LogP contribution in [0.5, 0.6) is 0 Å². The van der Waals surface area contributed by atoms with Gasteiger partial charge in [-0.2, -0.15) is 0 Å². The molecule has 0 bridgehead atoms. The maximum absolute atomic E-state index is 11.7. The van der Waals surface area contributed by atoms with E-state index in [4.69, 9.17) is 11.5 Å². The average Bonchev–Trinajstić information content (AvgIpc) is 2.83. The summed E-state index contributed by atoms with van der Waals surface area (Å²) >= 11 is 1.19. The van der Waals surface area contributed by atoms with Crippen molar-refractivity contribution in [2.24, 2.45) is 0 Å². The third-order valence-corrected chi connectivity index (χ3v) is 5.93. The van der Waals surface area contributed by atoms with E-state index in [9.17, 15) is 20.2 Å². The molecule has 0 amide bonds. The summed E-state index contributed by atoms with van der Waals surface area (Å²) in [5.41, 5.74) is 14.2. The van der Waals surface area contributed by atoms with Crippen LogP contribution >= 0.6 is 11.8 Å². The van der Waals surface area contributed by atoms with Crippen LogP contribution in [0.3, 0.4) is 0 Å². The number of rotatable bonds is 8. The SMILES string of the molecule is Nc1ccc(Nc2ccc(Sc3ccc(Nc4ccc(N)cc4)c([N+](=O)[O-])c3)cc2[N+](=O)[O-])cc1. The van der Waals surface area contributed by atoms with Gasteiger partial charge in [0, 0.05) is 44.7 Å². The lowest BCUT2D eigenvalue weighted by molar-refractivity contribution is -0.384. The van der Waals surface area contributed by atoms with E-state index in [-0.39, 0.29) is 11.4 Å². The van der Waals surface area contributed by atoms with Crippen LogP contribution in [-0.4, -0.2) is 9.85 Å². The first-order chi connectivity index (χ1) is 16.8. The van der Waals surface area contributed by atoms with E-state index in [0.717, 1.165) is 0 Å². The van der Waals surface area contributed by atoms with E-state index in [2.05, 4.69) is 10.6 Å². The molecule has 0 saturated heterocycles. The van der Waals surface area contributed by atoms with Crippen LogP contribution in [0.25, 0.3) is 0 Å². The molecule has 10 nitrogen and oxygen atoms in total. The van der Waals surface area contributed by atoms with Crippen molar-refractivity contribution >= 4 is 57.3 Å².